The predicted molar refractivity (Wildman–Crippen MR) is 80.9 cm³/mol. The summed E-state index contributed by atoms with van der Waals surface area (Å²) in [5.41, 5.74) is 1.15. The molecule has 0 atom stereocenters. The molecule has 1 aliphatic rings. The van der Waals surface area contributed by atoms with Gasteiger partial charge in [-0.3, -0.25) is 0 Å². The van der Waals surface area contributed by atoms with E-state index >= 15 is 0 Å². The first kappa shape index (κ1) is 14.1. The quantitative estimate of drug-likeness (QED) is 0.908. The van der Waals surface area contributed by atoms with Crippen molar-refractivity contribution in [1.29, 1.82) is 0 Å². The number of rotatable bonds is 3. The average molecular weight is 262 g/mol. The van der Waals surface area contributed by atoms with Crippen molar-refractivity contribution < 1.29 is 0 Å². The number of hydrogen-bond acceptors (Lipinski definition) is 4. The molecule has 0 saturated heterocycles. The van der Waals surface area contributed by atoms with Gasteiger partial charge in [-0.2, -0.15) is 0 Å². The summed E-state index contributed by atoms with van der Waals surface area (Å²) >= 11 is 0. The SMILES string of the molecule is CNc1nc(C)nc(N(C)C2CCC(C)CC2)c1C. The average Bonchev–Trinajstić information content (AvgIpc) is 2.41. The van der Waals surface area contributed by atoms with Crippen molar-refractivity contribution in [2.24, 2.45) is 5.92 Å². The minimum Gasteiger partial charge on any atom is -0.373 e. The Morgan fingerprint density at radius 3 is 2.32 bits per heavy atom. The molecule has 0 aliphatic heterocycles. The van der Waals surface area contributed by atoms with E-state index in [1.54, 1.807) is 0 Å². The van der Waals surface area contributed by atoms with Crippen molar-refractivity contribution in [1.82, 2.24) is 9.97 Å². The van der Waals surface area contributed by atoms with Gasteiger partial charge in [0, 0.05) is 25.7 Å². The molecule has 1 heterocycles. The van der Waals surface area contributed by atoms with E-state index in [0.717, 1.165) is 28.9 Å². The number of aromatic nitrogens is 2. The zero-order chi connectivity index (χ0) is 14.0. The fourth-order valence-electron chi connectivity index (χ4n) is 3.00. The summed E-state index contributed by atoms with van der Waals surface area (Å²) in [5, 5.41) is 3.16. The Balaban J connectivity index is 2.23. The standard InChI is InChI=1S/C15H26N4/c1-10-6-8-13(9-7-10)19(5)15-11(2)14(16-4)17-12(3)18-15/h10,13H,6-9H2,1-5H3,(H,16,17,18). The number of nitrogens with one attached hydrogen (secondary N) is 1. The highest BCUT2D eigenvalue weighted by atomic mass is 15.2. The van der Waals surface area contributed by atoms with E-state index in [1.165, 1.54) is 25.7 Å². The lowest BCUT2D eigenvalue weighted by Gasteiger charge is -2.35. The molecule has 2 rings (SSSR count). The normalized spacial score (nSPS) is 23.2. The van der Waals surface area contributed by atoms with Crippen molar-refractivity contribution in [3.05, 3.63) is 11.4 Å². The van der Waals surface area contributed by atoms with Gasteiger partial charge in [-0.05, 0) is 45.4 Å². The molecule has 0 unspecified atom stereocenters. The van der Waals surface area contributed by atoms with Crippen LogP contribution in [0.25, 0.3) is 0 Å². The van der Waals surface area contributed by atoms with Gasteiger partial charge in [0.15, 0.2) is 0 Å². The molecular formula is C15H26N4. The van der Waals surface area contributed by atoms with Gasteiger partial charge in [0.1, 0.15) is 17.5 Å². The van der Waals surface area contributed by atoms with Crippen LogP contribution in [0.15, 0.2) is 0 Å². The molecule has 4 heteroatoms. The summed E-state index contributed by atoms with van der Waals surface area (Å²) in [5.74, 6) is 3.74. The van der Waals surface area contributed by atoms with Gasteiger partial charge in [-0.15, -0.1) is 0 Å². The third kappa shape index (κ3) is 2.99. The van der Waals surface area contributed by atoms with E-state index in [1.807, 2.05) is 14.0 Å². The van der Waals surface area contributed by atoms with E-state index < -0.39 is 0 Å². The largest absolute Gasteiger partial charge is 0.373 e. The van der Waals surface area contributed by atoms with Crippen LogP contribution >= 0.6 is 0 Å². The summed E-state index contributed by atoms with van der Waals surface area (Å²) in [4.78, 5) is 11.5. The van der Waals surface area contributed by atoms with Crippen LogP contribution in [-0.4, -0.2) is 30.1 Å². The van der Waals surface area contributed by atoms with Crippen LogP contribution in [0.1, 0.15) is 44.0 Å². The number of aryl methyl sites for hydroxylation is 1. The van der Waals surface area contributed by atoms with Gasteiger partial charge in [0.2, 0.25) is 0 Å². The molecule has 0 radical (unpaired) electrons. The minimum absolute atomic E-state index is 0.619. The highest BCUT2D eigenvalue weighted by Crippen LogP contribution is 2.31. The third-order valence-electron chi connectivity index (χ3n) is 4.34. The van der Waals surface area contributed by atoms with E-state index in [0.29, 0.717) is 6.04 Å². The van der Waals surface area contributed by atoms with Crippen LogP contribution in [-0.2, 0) is 0 Å². The lowest BCUT2D eigenvalue weighted by Crippen LogP contribution is -2.36. The van der Waals surface area contributed by atoms with E-state index in [-0.39, 0.29) is 0 Å². The van der Waals surface area contributed by atoms with E-state index in [9.17, 15) is 0 Å². The molecule has 1 N–H and O–H groups in total. The van der Waals surface area contributed by atoms with Gasteiger partial charge in [0.05, 0.1) is 0 Å². The summed E-state index contributed by atoms with van der Waals surface area (Å²) in [6.45, 7) is 6.42. The van der Waals surface area contributed by atoms with Gasteiger partial charge < -0.3 is 10.2 Å². The topological polar surface area (TPSA) is 41.1 Å². The van der Waals surface area contributed by atoms with Crippen LogP contribution in [0.5, 0.6) is 0 Å². The lowest BCUT2D eigenvalue weighted by atomic mass is 9.86. The first-order valence-electron chi connectivity index (χ1n) is 7.28. The molecule has 0 amide bonds. The second kappa shape index (κ2) is 5.76. The zero-order valence-corrected chi connectivity index (χ0v) is 12.8. The number of anilines is 2. The third-order valence-corrected chi connectivity index (χ3v) is 4.34. The maximum absolute atomic E-state index is 4.65. The molecule has 1 aliphatic carbocycles. The molecule has 1 aromatic rings. The van der Waals surface area contributed by atoms with E-state index in [4.69, 9.17) is 0 Å². The first-order chi connectivity index (χ1) is 9.02. The van der Waals surface area contributed by atoms with Crippen LogP contribution in [0.2, 0.25) is 0 Å². The first-order valence-corrected chi connectivity index (χ1v) is 7.28. The smallest absolute Gasteiger partial charge is 0.137 e. The molecule has 0 bridgehead atoms. The maximum atomic E-state index is 4.65. The minimum atomic E-state index is 0.619. The number of hydrogen-bond donors (Lipinski definition) is 1. The van der Waals surface area contributed by atoms with Crippen molar-refractivity contribution in [3.63, 3.8) is 0 Å². The van der Waals surface area contributed by atoms with Crippen molar-refractivity contribution in [2.75, 3.05) is 24.3 Å². The molecule has 1 aromatic heterocycles. The van der Waals surface area contributed by atoms with Crippen LogP contribution in [0.4, 0.5) is 11.6 Å². The number of nitrogens with zero attached hydrogens (tertiary/aromatic N) is 3. The molecule has 19 heavy (non-hydrogen) atoms. The lowest BCUT2D eigenvalue weighted by molar-refractivity contribution is 0.339. The zero-order valence-electron chi connectivity index (χ0n) is 12.8. The Morgan fingerprint density at radius 1 is 1.11 bits per heavy atom. The maximum Gasteiger partial charge on any atom is 0.137 e. The van der Waals surface area contributed by atoms with Crippen LogP contribution < -0.4 is 10.2 Å². The highest BCUT2D eigenvalue weighted by Gasteiger charge is 2.24. The Hall–Kier alpha value is -1.32. The Bertz CT molecular complexity index is 436. The molecule has 1 saturated carbocycles. The fraction of sp³-hybridized carbons (Fsp3) is 0.733. The Morgan fingerprint density at radius 2 is 1.74 bits per heavy atom. The van der Waals surface area contributed by atoms with Gasteiger partial charge >= 0.3 is 0 Å². The van der Waals surface area contributed by atoms with Gasteiger partial charge in [-0.25, -0.2) is 9.97 Å². The summed E-state index contributed by atoms with van der Waals surface area (Å²) in [6.07, 6.45) is 5.21. The van der Waals surface area contributed by atoms with Crippen molar-refractivity contribution >= 4 is 11.6 Å². The summed E-state index contributed by atoms with van der Waals surface area (Å²) < 4.78 is 0. The van der Waals surface area contributed by atoms with Crippen molar-refractivity contribution in [2.45, 2.75) is 52.5 Å². The van der Waals surface area contributed by atoms with E-state index in [2.05, 4.69) is 41.1 Å². The predicted octanol–water partition coefficient (Wildman–Crippen LogP) is 3.15. The molecule has 106 valence electrons. The second-order valence-corrected chi connectivity index (χ2v) is 5.84. The second-order valence-electron chi connectivity index (χ2n) is 5.84. The fourth-order valence-corrected chi connectivity index (χ4v) is 3.00. The van der Waals surface area contributed by atoms with Gasteiger partial charge in [-0.1, -0.05) is 6.92 Å². The van der Waals surface area contributed by atoms with Crippen LogP contribution in [0.3, 0.4) is 0 Å². The monoisotopic (exact) mass is 262 g/mol. The molecule has 1 fully saturated rings. The van der Waals surface area contributed by atoms with Gasteiger partial charge in [0.25, 0.3) is 0 Å². The summed E-state index contributed by atoms with van der Waals surface area (Å²) in [7, 11) is 4.09. The molecule has 0 spiro atoms. The molecular weight excluding hydrogens is 236 g/mol. The summed E-state index contributed by atoms with van der Waals surface area (Å²) in [6, 6.07) is 0.619. The Labute approximate surface area is 116 Å². The van der Waals surface area contributed by atoms with Crippen LogP contribution in [0, 0.1) is 19.8 Å². The molecule has 0 aromatic carbocycles. The van der Waals surface area contributed by atoms with Crippen molar-refractivity contribution in [3.8, 4) is 0 Å². The molecule has 4 nitrogen and oxygen atoms in total. The Kier molecular flexibility index (Phi) is 4.27. The highest BCUT2D eigenvalue weighted by molar-refractivity contribution is 5.58.